The van der Waals surface area contributed by atoms with Gasteiger partial charge in [0, 0.05) is 39.5 Å². The monoisotopic (exact) mass is 529 g/mol. The van der Waals surface area contributed by atoms with E-state index in [1.807, 2.05) is 41.1 Å². The molecule has 2 saturated carbocycles. The molecule has 0 radical (unpaired) electrons. The lowest BCUT2D eigenvalue weighted by atomic mass is 9.92. The number of benzene rings is 1. The number of aryl methyl sites for hydroxylation is 1. The average Bonchev–Trinajstić information content (AvgIpc) is 3.65. The van der Waals surface area contributed by atoms with Gasteiger partial charge < -0.3 is 14.3 Å². The molecule has 4 nitrogen and oxygen atoms in total. The van der Waals surface area contributed by atoms with Crippen LogP contribution in [-0.4, -0.2) is 43.2 Å². The van der Waals surface area contributed by atoms with E-state index in [0.29, 0.717) is 27.6 Å². The van der Waals surface area contributed by atoms with Crippen LogP contribution in [0.1, 0.15) is 41.0 Å². The molecule has 2 aliphatic carbocycles. The Hall–Kier alpha value is -1.70. The van der Waals surface area contributed by atoms with Crippen LogP contribution in [0.4, 0.5) is 0 Å². The predicted molar refractivity (Wildman–Crippen MR) is 141 cm³/mol. The van der Waals surface area contributed by atoms with Gasteiger partial charge in [0.1, 0.15) is 6.10 Å². The molecule has 2 aliphatic rings. The Balaban J connectivity index is 1.27. The first-order valence-corrected chi connectivity index (χ1v) is 14.5. The molecule has 2 heterocycles. The van der Waals surface area contributed by atoms with Crippen molar-refractivity contribution < 1.29 is 19.1 Å². The number of hydrogen-bond acceptors (Lipinski definition) is 5. The van der Waals surface area contributed by atoms with Crippen molar-refractivity contribution in [2.75, 3.05) is 20.6 Å². The first kappa shape index (κ1) is 25.0. The minimum Gasteiger partial charge on any atom is -0.833 e. The fourth-order valence-corrected chi connectivity index (χ4v) is 8.19. The molecule has 0 spiro atoms. The maximum atomic E-state index is 14.1. The van der Waals surface area contributed by atoms with Crippen LogP contribution in [0.15, 0.2) is 59.3 Å². The molecule has 7 heteroatoms. The van der Waals surface area contributed by atoms with Crippen LogP contribution in [0.5, 0.6) is 0 Å². The topological polar surface area (TPSA) is 49.4 Å². The van der Waals surface area contributed by atoms with Gasteiger partial charge in [-0.1, -0.05) is 41.9 Å². The molecule has 186 valence electrons. The number of carbonyl (C=O) groups is 1. The van der Waals surface area contributed by atoms with E-state index in [1.165, 1.54) is 28.2 Å². The van der Waals surface area contributed by atoms with Crippen LogP contribution in [0, 0.1) is 11.8 Å². The van der Waals surface area contributed by atoms with Crippen molar-refractivity contribution in [2.24, 2.45) is 11.8 Å². The van der Waals surface area contributed by atoms with Crippen LogP contribution in [0.25, 0.3) is 0 Å². The standard InChI is InChI=1S/C28H32ClNO3S2/c1-30(2,15-5-9-19-8-3-4-10-22(19)29)23-18-20-13-14-21(23)26(20)33-27(31)28(32,24-11-6-16-34-24)25-12-7-17-35-25/h3-4,6-8,10-12,16-17,20-21,23,26H,5,9,13-15,18H2,1-2H3/t20?,21?,23-,26?/m0/s1. The molecular weight excluding hydrogens is 498 g/mol. The number of carbonyl (C=O) groups excluding carboxylic acids is 1. The molecule has 2 aromatic heterocycles. The van der Waals surface area contributed by atoms with Gasteiger partial charge in [0.05, 0.1) is 32.3 Å². The zero-order valence-corrected chi connectivity index (χ0v) is 22.6. The Morgan fingerprint density at radius 1 is 1.09 bits per heavy atom. The zero-order valence-electron chi connectivity index (χ0n) is 20.2. The Labute approximate surface area is 220 Å². The Kier molecular flexibility index (Phi) is 7.12. The minimum absolute atomic E-state index is 0.165. The number of ether oxygens (including phenoxy) is 1. The van der Waals surface area contributed by atoms with Crippen LogP contribution in [-0.2, 0) is 21.6 Å². The second kappa shape index (κ2) is 9.98. The summed E-state index contributed by atoms with van der Waals surface area (Å²) in [7, 11) is 4.60. The predicted octanol–water partition coefficient (Wildman–Crippen LogP) is 5.49. The number of esters is 1. The van der Waals surface area contributed by atoms with E-state index >= 15 is 0 Å². The van der Waals surface area contributed by atoms with Crippen molar-refractivity contribution in [3.05, 3.63) is 79.6 Å². The first-order valence-electron chi connectivity index (χ1n) is 12.4. The third kappa shape index (κ3) is 4.72. The molecule has 4 atom stereocenters. The van der Waals surface area contributed by atoms with Crippen molar-refractivity contribution in [3.63, 3.8) is 0 Å². The average molecular weight is 530 g/mol. The van der Waals surface area contributed by atoms with E-state index in [1.54, 1.807) is 12.1 Å². The summed E-state index contributed by atoms with van der Waals surface area (Å²) in [4.78, 5) is 14.5. The number of hydrogen-bond donors (Lipinski definition) is 0. The molecule has 2 bridgehead atoms. The number of nitrogens with zero attached hydrogens (tertiary/aromatic N) is 1. The van der Waals surface area contributed by atoms with E-state index in [2.05, 4.69) is 20.2 Å². The summed E-state index contributed by atoms with van der Waals surface area (Å²) >= 11 is 9.00. The fourth-order valence-electron chi connectivity index (χ4n) is 6.25. The Morgan fingerprint density at radius 2 is 1.77 bits per heavy atom. The molecule has 0 saturated heterocycles. The van der Waals surface area contributed by atoms with E-state index < -0.39 is 11.6 Å². The van der Waals surface area contributed by atoms with Crippen LogP contribution >= 0.6 is 34.3 Å². The Bertz CT molecular complexity index is 1110. The molecule has 35 heavy (non-hydrogen) atoms. The molecule has 3 aromatic rings. The second-order valence-electron chi connectivity index (χ2n) is 10.5. The van der Waals surface area contributed by atoms with Crippen LogP contribution < -0.4 is 5.11 Å². The van der Waals surface area contributed by atoms with Gasteiger partial charge in [-0.25, -0.2) is 0 Å². The molecule has 2 fully saturated rings. The lowest BCUT2D eigenvalue weighted by Crippen LogP contribution is -2.53. The maximum absolute atomic E-state index is 14.1. The van der Waals surface area contributed by atoms with Gasteiger partial charge in [-0.15, -0.1) is 22.7 Å². The zero-order chi connectivity index (χ0) is 24.6. The molecule has 1 aromatic carbocycles. The summed E-state index contributed by atoms with van der Waals surface area (Å²) in [6.07, 6.45) is 5.02. The van der Waals surface area contributed by atoms with Crippen molar-refractivity contribution in [2.45, 2.75) is 49.9 Å². The third-order valence-electron chi connectivity index (χ3n) is 8.10. The number of fused-ring (bicyclic) bond motifs is 2. The largest absolute Gasteiger partial charge is 0.833 e. The lowest BCUT2D eigenvalue weighted by Gasteiger charge is -2.41. The summed E-state index contributed by atoms with van der Waals surface area (Å²) in [5.41, 5.74) is -0.790. The molecule has 5 rings (SSSR count). The molecule has 0 amide bonds. The van der Waals surface area contributed by atoms with E-state index in [4.69, 9.17) is 16.3 Å². The van der Waals surface area contributed by atoms with Crippen molar-refractivity contribution in [3.8, 4) is 0 Å². The van der Waals surface area contributed by atoms with E-state index in [0.717, 1.165) is 48.2 Å². The van der Waals surface area contributed by atoms with E-state index in [-0.39, 0.29) is 6.10 Å². The third-order valence-corrected chi connectivity index (χ3v) is 10.4. The lowest BCUT2D eigenvalue weighted by molar-refractivity contribution is -0.918. The quantitative estimate of drug-likeness (QED) is 0.272. The summed E-state index contributed by atoms with van der Waals surface area (Å²) in [5, 5.41) is 18.6. The van der Waals surface area contributed by atoms with Gasteiger partial charge in [-0.3, -0.25) is 4.79 Å². The van der Waals surface area contributed by atoms with E-state index in [9.17, 15) is 9.90 Å². The molecule has 3 unspecified atom stereocenters. The number of quaternary nitrogens is 1. The Morgan fingerprint density at radius 3 is 2.40 bits per heavy atom. The SMILES string of the molecule is C[N+](C)(CCCc1ccccc1Cl)[C@H]1CC2CCC1C2OC(=O)C([O-])(c1cccs1)c1cccs1. The van der Waals surface area contributed by atoms with Gasteiger partial charge >= 0.3 is 5.97 Å². The summed E-state index contributed by atoms with van der Waals surface area (Å²) in [6, 6.07) is 15.7. The van der Waals surface area contributed by atoms with Gasteiger partial charge in [0.15, 0.2) is 0 Å². The van der Waals surface area contributed by atoms with Gasteiger partial charge in [0.25, 0.3) is 0 Å². The van der Waals surface area contributed by atoms with Gasteiger partial charge in [0.2, 0.25) is 0 Å². The summed E-state index contributed by atoms with van der Waals surface area (Å²) < 4.78 is 7.06. The highest BCUT2D eigenvalue weighted by atomic mass is 35.5. The van der Waals surface area contributed by atoms with Crippen LogP contribution in [0.2, 0.25) is 5.02 Å². The number of halogens is 1. The fraction of sp³-hybridized carbons (Fsp3) is 0.464. The number of thiophene rings is 2. The van der Waals surface area contributed by atoms with Gasteiger partial charge in [-0.05, 0) is 53.8 Å². The van der Waals surface area contributed by atoms with Crippen molar-refractivity contribution in [1.82, 2.24) is 0 Å². The minimum atomic E-state index is -1.99. The number of rotatable bonds is 9. The summed E-state index contributed by atoms with van der Waals surface area (Å²) in [6.45, 7) is 1.04. The first-order chi connectivity index (χ1) is 16.8. The highest BCUT2D eigenvalue weighted by molar-refractivity contribution is 7.12. The maximum Gasteiger partial charge on any atom is 0.306 e. The highest BCUT2D eigenvalue weighted by Gasteiger charge is 2.56. The van der Waals surface area contributed by atoms with Crippen molar-refractivity contribution in [1.29, 1.82) is 0 Å². The van der Waals surface area contributed by atoms with Gasteiger partial charge in [-0.2, -0.15) is 0 Å². The molecule has 0 aliphatic heterocycles. The normalized spacial score (nSPS) is 24.1. The van der Waals surface area contributed by atoms with Crippen LogP contribution in [0.3, 0.4) is 0 Å². The second-order valence-corrected chi connectivity index (χ2v) is 12.8. The van der Waals surface area contributed by atoms with Crippen molar-refractivity contribution >= 4 is 40.2 Å². The summed E-state index contributed by atoms with van der Waals surface area (Å²) in [5.74, 6) is -0.00463. The smallest absolute Gasteiger partial charge is 0.306 e. The molecule has 0 N–H and O–H groups in total. The molecular formula is C28H32ClNO3S2. The highest BCUT2D eigenvalue weighted by Crippen LogP contribution is 2.50.